The first-order valence-electron chi connectivity index (χ1n) is 8.96. The van der Waals surface area contributed by atoms with Gasteiger partial charge in [0.15, 0.2) is 11.5 Å². The molecule has 1 amide bonds. The van der Waals surface area contributed by atoms with Crippen molar-refractivity contribution in [1.29, 1.82) is 5.26 Å². The Kier molecular flexibility index (Phi) is 5.99. The Bertz CT molecular complexity index is 950. The zero-order chi connectivity index (χ0) is 21.0. The van der Waals surface area contributed by atoms with Crippen molar-refractivity contribution < 1.29 is 19.4 Å². The molecule has 1 atom stereocenters. The molecule has 2 aromatic heterocycles. The normalized spacial score (nSPS) is 18.8. The Morgan fingerprint density at radius 1 is 1.28 bits per heavy atom. The molecule has 0 aromatic carbocycles. The van der Waals surface area contributed by atoms with Crippen molar-refractivity contribution in [3.05, 3.63) is 30.4 Å². The molecule has 0 aliphatic heterocycles. The summed E-state index contributed by atoms with van der Waals surface area (Å²) in [5, 5.41) is 23.7. The highest BCUT2D eigenvalue weighted by atomic mass is 16.5. The number of anilines is 2. The number of nitrogens with one attached hydrogen (secondary N) is 2. The molecule has 10 nitrogen and oxygen atoms in total. The van der Waals surface area contributed by atoms with Gasteiger partial charge in [-0.25, -0.2) is 9.97 Å². The number of nitrogens with zero attached hydrogens (tertiary/aromatic N) is 4. The molecule has 0 spiro atoms. The number of hydrogen-bond acceptors (Lipinski definition) is 8. The molecule has 2 heterocycles. The molecule has 3 rings (SSSR count). The lowest BCUT2D eigenvalue weighted by Crippen LogP contribution is -2.38. The van der Waals surface area contributed by atoms with Crippen LogP contribution in [0.2, 0.25) is 0 Å². The average Bonchev–Trinajstić information content (AvgIpc) is 2.67. The number of methoxy groups -OCH3 is 1. The smallest absolute Gasteiger partial charge is 0.325 e. The molecule has 1 aliphatic rings. The minimum atomic E-state index is -1.05. The summed E-state index contributed by atoms with van der Waals surface area (Å²) in [7, 11) is 1.63. The van der Waals surface area contributed by atoms with Crippen LogP contribution in [0.4, 0.5) is 11.5 Å². The number of carbonyl (C=O) groups is 2. The van der Waals surface area contributed by atoms with Gasteiger partial charge >= 0.3 is 5.97 Å². The number of rotatable bonds is 7. The summed E-state index contributed by atoms with van der Waals surface area (Å²) in [6.07, 6.45) is 5.88. The molecule has 0 bridgehead atoms. The fraction of sp³-hybridized carbons (Fsp3) is 0.368. The highest BCUT2D eigenvalue weighted by Crippen LogP contribution is 2.30. The van der Waals surface area contributed by atoms with Gasteiger partial charge in [-0.15, -0.1) is 0 Å². The fourth-order valence-electron chi connectivity index (χ4n) is 2.84. The van der Waals surface area contributed by atoms with Crippen molar-refractivity contribution in [2.24, 2.45) is 5.92 Å². The third kappa shape index (κ3) is 4.64. The fourth-order valence-corrected chi connectivity index (χ4v) is 2.84. The van der Waals surface area contributed by atoms with Crippen LogP contribution in [-0.4, -0.2) is 51.2 Å². The van der Waals surface area contributed by atoms with Gasteiger partial charge in [-0.1, -0.05) is 0 Å². The second-order valence-corrected chi connectivity index (χ2v) is 6.74. The first-order chi connectivity index (χ1) is 13.9. The van der Waals surface area contributed by atoms with E-state index in [0.717, 1.165) is 0 Å². The predicted octanol–water partition coefficient (Wildman–Crippen LogP) is 1.66. The van der Waals surface area contributed by atoms with E-state index in [1.54, 1.807) is 13.2 Å². The van der Waals surface area contributed by atoms with Gasteiger partial charge in [-0.2, -0.15) is 5.26 Å². The molecule has 150 valence electrons. The summed E-state index contributed by atoms with van der Waals surface area (Å²) in [4.78, 5) is 35.7. The van der Waals surface area contributed by atoms with E-state index in [9.17, 15) is 14.9 Å². The zero-order valence-corrected chi connectivity index (χ0v) is 15.9. The van der Waals surface area contributed by atoms with Crippen LogP contribution in [0.25, 0.3) is 11.3 Å². The predicted molar refractivity (Wildman–Crippen MR) is 103 cm³/mol. The third-order valence-corrected chi connectivity index (χ3v) is 4.73. The monoisotopic (exact) mass is 396 g/mol. The van der Waals surface area contributed by atoms with Crippen LogP contribution in [-0.2, 0) is 14.3 Å². The summed E-state index contributed by atoms with van der Waals surface area (Å²) < 4.78 is 5.17. The molecule has 1 aliphatic carbocycles. The number of carboxylic acid groups (broad SMARTS) is 1. The number of aromatic nitrogens is 3. The lowest BCUT2D eigenvalue weighted by molar-refractivity contribution is -0.137. The van der Waals surface area contributed by atoms with Crippen LogP contribution in [0.5, 0.6) is 0 Å². The first kappa shape index (κ1) is 20.2. The van der Waals surface area contributed by atoms with Gasteiger partial charge in [-0.05, 0) is 25.8 Å². The molecule has 2 aromatic rings. The number of hydrogen-bond donors (Lipinski definition) is 3. The van der Waals surface area contributed by atoms with Gasteiger partial charge in [0.25, 0.3) is 0 Å². The highest BCUT2D eigenvalue weighted by Gasteiger charge is 2.34. The van der Waals surface area contributed by atoms with Crippen molar-refractivity contribution >= 4 is 23.4 Å². The van der Waals surface area contributed by atoms with E-state index in [2.05, 4.69) is 25.6 Å². The van der Waals surface area contributed by atoms with Crippen molar-refractivity contribution in [2.45, 2.75) is 31.9 Å². The maximum atomic E-state index is 12.2. The zero-order valence-electron chi connectivity index (χ0n) is 15.9. The molecule has 1 fully saturated rings. The Balaban J connectivity index is 1.71. The minimum Gasteiger partial charge on any atom is -0.480 e. The van der Waals surface area contributed by atoms with E-state index in [-0.39, 0.29) is 29.3 Å². The van der Waals surface area contributed by atoms with E-state index in [1.165, 1.54) is 25.5 Å². The largest absolute Gasteiger partial charge is 0.480 e. The lowest BCUT2D eigenvalue weighted by atomic mass is 9.81. The Morgan fingerprint density at radius 2 is 2.03 bits per heavy atom. The SMILES string of the molecule is COC1CC(C(=O)Nc2cnc(-c3cnc(C#N)c(NC(C)C(=O)O)c3)cn2)C1. The number of carboxylic acids is 1. The van der Waals surface area contributed by atoms with Gasteiger partial charge in [0.05, 0.1) is 29.9 Å². The summed E-state index contributed by atoms with van der Waals surface area (Å²) in [5.74, 6) is -0.926. The number of amides is 1. The maximum Gasteiger partial charge on any atom is 0.325 e. The van der Waals surface area contributed by atoms with Crippen LogP contribution in [0.1, 0.15) is 25.5 Å². The summed E-state index contributed by atoms with van der Waals surface area (Å²) in [6, 6.07) is 2.61. The van der Waals surface area contributed by atoms with Crippen molar-refractivity contribution in [2.75, 3.05) is 17.7 Å². The third-order valence-electron chi connectivity index (χ3n) is 4.73. The van der Waals surface area contributed by atoms with E-state index in [4.69, 9.17) is 9.84 Å². The molecule has 29 heavy (non-hydrogen) atoms. The number of carbonyl (C=O) groups excluding carboxylic acids is 1. The van der Waals surface area contributed by atoms with Crippen LogP contribution < -0.4 is 10.6 Å². The molecular weight excluding hydrogens is 376 g/mol. The van der Waals surface area contributed by atoms with Crippen LogP contribution in [0.3, 0.4) is 0 Å². The van der Waals surface area contributed by atoms with E-state index in [0.29, 0.717) is 29.9 Å². The molecular formula is C19H20N6O4. The molecule has 10 heteroatoms. The Hall–Kier alpha value is -3.58. The highest BCUT2D eigenvalue weighted by molar-refractivity contribution is 5.92. The van der Waals surface area contributed by atoms with Crippen LogP contribution in [0.15, 0.2) is 24.7 Å². The van der Waals surface area contributed by atoms with Gasteiger partial charge in [0.2, 0.25) is 5.91 Å². The van der Waals surface area contributed by atoms with Crippen molar-refractivity contribution in [3.8, 4) is 17.3 Å². The molecule has 1 saturated carbocycles. The van der Waals surface area contributed by atoms with Crippen LogP contribution in [0, 0.1) is 17.2 Å². The number of nitriles is 1. The maximum absolute atomic E-state index is 12.2. The van der Waals surface area contributed by atoms with E-state index in [1.807, 2.05) is 6.07 Å². The minimum absolute atomic E-state index is 0.0774. The molecule has 1 unspecified atom stereocenters. The van der Waals surface area contributed by atoms with Gasteiger partial charge in [-0.3, -0.25) is 14.6 Å². The van der Waals surface area contributed by atoms with Gasteiger partial charge < -0.3 is 20.5 Å². The van der Waals surface area contributed by atoms with Crippen molar-refractivity contribution in [3.63, 3.8) is 0 Å². The Labute approximate surface area is 167 Å². The Morgan fingerprint density at radius 3 is 2.62 bits per heavy atom. The molecule has 0 saturated heterocycles. The summed E-state index contributed by atoms with van der Waals surface area (Å²) in [5.41, 5.74) is 1.39. The van der Waals surface area contributed by atoms with Crippen LogP contribution >= 0.6 is 0 Å². The number of pyridine rings is 1. The topological polar surface area (TPSA) is 150 Å². The van der Waals surface area contributed by atoms with E-state index < -0.39 is 12.0 Å². The quantitative estimate of drug-likeness (QED) is 0.634. The number of aliphatic carboxylic acids is 1. The van der Waals surface area contributed by atoms with Gasteiger partial charge in [0, 0.05) is 24.8 Å². The lowest BCUT2D eigenvalue weighted by Gasteiger charge is -2.32. The summed E-state index contributed by atoms with van der Waals surface area (Å²) in [6.45, 7) is 1.46. The average molecular weight is 396 g/mol. The second kappa shape index (κ2) is 8.62. The second-order valence-electron chi connectivity index (χ2n) is 6.74. The number of ether oxygens (including phenoxy) is 1. The summed E-state index contributed by atoms with van der Waals surface area (Å²) >= 11 is 0. The molecule has 3 N–H and O–H groups in total. The standard InChI is InChI=1S/C19H20N6O4/c1-10(19(27)28)24-14-5-12(7-21-15(14)6-20)16-8-23-17(9-22-16)25-18(26)11-3-13(4-11)29-2/h5,7-11,13,24H,3-4H2,1-2H3,(H,27,28)(H,23,25,26). The van der Waals surface area contributed by atoms with Crippen molar-refractivity contribution in [1.82, 2.24) is 15.0 Å². The van der Waals surface area contributed by atoms with E-state index >= 15 is 0 Å². The first-order valence-corrected chi connectivity index (χ1v) is 8.96. The van der Waals surface area contributed by atoms with Gasteiger partial charge in [0.1, 0.15) is 12.1 Å². The molecule has 0 radical (unpaired) electrons.